The predicted molar refractivity (Wildman–Crippen MR) is 162 cm³/mol. The van der Waals surface area contributed by atoms with Crippen LogP contribution in [0.15, 0.2) is 60.8 Å². The monoisotopic (exact) mass is 559 g/mol. The number of hydrogen-bond acceptors (Lipinski definition) is 5. The summed E-state index contributed by atoms with van der Waals surface area (Å²) in [7, 11) is 0. The number of carbonyl (C=O) groups is 2. The summed E-state index contributed by atoms with van der Waals surface area (Å²) >= 11 is 0. The van der Waals surface area contributed by atoms with Crippen LogP contribution in [-0.4, -0.2) is 57.6 Å². The lowest BCUT2D eigenvalue weighted by atomic mass is 9.84. The van der Waals surface area contributed by atoms with Gasteiger partial charge in [0.05, 0.1) is 5.69 Å². The average Bonchev–Trinajstić information content (AvgIpc) is 3.70. The number of likely N-dealkylation sites (tertiary alicyclic amines) is 1. The van der Waals surface area contributed by atoms with Gasteiger partial charge in [0.25, 0.3) is 0 Å². The van der Waals surface area contributed by atoms with E-state index in [1.54, 1.807) is 25.3 Å². The third kappa shape index (κ3) is 9.18. The fourth-order valence-electron chi connectivity index (χ4n) is 5.23. The van der Waals surface area contributed by atoms with Crippen molar-refractivity contribution in [2.24, 2.45) is 5.92 Å². The van der Waals surface area contributed by atoms with E-state index in [1.165, 1.54) is 30.3 Å². The molecule has 0 bridgehead atoms. The van der Waals surface area contributed by atoms with Gasteiger partial charge in [0.15, 0.2) is 0 Å². The molecule has 2 fully saturated rings. The van der Waals surface area contributed by atoms with Crippen LogP contribution >= 0.6 is 0 Å². The van der Waals surface area contributed by atoms with Gasteiger partial charge in [-0.3, -0.25) is 19.6 Å². The number of nitrogens with zero attached hydrogens (tertiary/aromatic N) is 3. The van der Waals surface area contributed by atoms with E-state index in [1.807, 2.05) is 37.3 Å². The number of rotatable bonds is 9. The van der Waals surface area contributed by atoms with Crippen LogP contribution < -0.4 is 5.32 Å². The first kappa shape index (κ1) is 30.3. The highest BCUT2D eigenvalue weighted by molar-refractivity contribution is 5.98. The molecule has 1 aliphatic carbocycles. The number of H-pyrrole nitrogens is 1. The minimum Gasteiger partial charge on any atom is -0.307 e. The molecule has 0 radical (unpaired) electrons. The van der Waals surface area contributed by atoms with Crippen LogP contribution in [0.25, 0.3) is 11.1 Å². The fraction of sp³-hybridized carbons (Fsp3) is 0.455. The number of amides is 1. The number of ketones is 1. The van der Waals surface area contributed by atoms with Gasteiger partial charge in [0, 0.05) is 55.0 Å². The van der Waals surface area contributed by atoms with Gasteiger partial charge >= 0.3 is 0 Å². The topological polar surface area (TPSA) is 91.0 Å². The van der Waals surface area contributed by atoms with E-state index in [0.717, 1.165) is 35.7 Å². The summed E-state index contributed by atoms with van der Waals surface area (Å²) in [6.45, 7) is 9.87. The zero-order valence-corrected chi connectivity index (χ0v) is 24.6. The minimum atomic E-state index is -0.694. The smallest absolute Gasteiger partial charge is 0.249 e. The Labute approximate surface area is 242 Å². The lowest BCUT2D eigenvalue weighted by molar-refractivity contribution is -0.119. The largest absolute Gasteiger partial charge is 0.307 e. The number of nitrogens with one attached hydrogen (secondary N) is 2. The van der Waals surface area contributed by atoms with Gasteiger partial charge in [-0.15, -0.1) is 0 Å². The van der Waals surface area contributed by atoms with Gasteiger partial charge < -0.3 is 5.32 Å². The number of benzene rings is 1. The molecule has 2 N–H and O–H groups in total. The van der Waals surface area contributed by atoms with E-state index < -0.39 is 6.17 Å². The number of hydrogen-bond donors (Lipinski definition) is 2. The highest BCUT2D eigenvalue weighted by atomic mass is 19.1. The van der Waals surface area contributed by atoms with Crippen LogP contribution in [0.1, 0.15) is 75.2 Å². The molecule has 218 valence electrons. The van der Waals surface area contributed by atoms with E-state index in [9.17, 15) is 14.0 Å². The summed E-state index contributed by atoms with van der Waals surface area (Å²) in [6, 6.07) is 13.8. The van der Waals surface area contributed by atoms with Crippen LogP contribution in [0.2, 0.25) is 0 Å². The first-order valence-electron chi connectivity index (χ1n) is 14.6. The van der Waals surface area contributed by atoms with Crippen molar-refractivity contribution in [1.29, 1.82) is 0 Å². The molecule has 5 rings (SSSR count). The first-order chi connectivity index (χ1) is 19.7. The number of alkyl halides is 1. The number of aromatic amines is 1. The molecule has 41 heavy (non-hydrogen) atoms. The number of halogens is 1. The number of aryl methyl sites for hydroxylation is 1. The molecular formula is C33H42FN5O2. The third-order valence-corrected chi connectivity index (χ3v) is 7.57. The van der Waals surface area contributed by atoms with Crippen LogP contribution in [0.4, 0.5) is 10.2 Å². The summed E-state index contributed by atoms with van der Waals surface area (Å²) < 4.78 is 13.2. The highest BCUT2D eigenvalue weighted by Crippen LogP contribution is 2.38. The molecule has 7 nitrogen and oxygen atoms in total. The van der Waals surface area contributed by atoms with E-state index in [4.69, 9.17) is 0 Å². The molecule has 1 aliphatic heterocycles. The molecule has 1 unspecified atom stereocenters. The summed E-state index contributed by atoms with van der Waals surface area (Å²) in [5.41, 5.74) is 5.34. The fourth-order valence-corrected chi connectivity index (χ4v) is 5.23. The van der Waals surface area contributed by atoms with Crippen molar-refractivity contribution in [3.8, 4) is 11.1 Å². The number of pyridine rings is 1. The molecule has 1 saturated heterocycles. The van der Waals surface area contributed by atoms with Crippen molar-refractivity contribution in [3.63, 3.8) is 0 Å². The van der Waals surface area contributed by atoms with Crippen LogP contribution in [0.3, 0.4) is 0 Å². The minimum absolute atomic E-state index is 0.128. The zero-order valence-electron chi connectivity index (χ0n) is 24.6. The normalized spacial score (nSPS) is 16.8. The zero-order chi connectivity index (χ0) is 29.4. The Balaban J connectivity index is 0.000000360. The summed E-state index contributed by atoms with van der Waals surface area (Å²) in [5.74, 6) is 1.28. The SMILES string of the molecule is CC(=O)C(c1cccc(-c2ccc(NC(=O)/C=C/CN3CCC(F)CC3)nc2)c1)C(C)C.Cc1cc(C2CC2)n[nH]1. The van der Waals surface area contributed by atoms with Gasteiger partial charge in [-0.25, -0.2) is 9.37 Å². The first-order valence-corrected chi connectivity index (χ1v) is 14.6. The van der Waals surface area contributed by atoms with Gasteiger partial charge in [-0.2, -0.15) is 5.10 Å². The van der Waals surface area contributed by atoms with Crippen LogP contribution in [0.5, 0.6) is 0 Å². The molecule has 1 saturated carbocycles. The number of anilines is 1. The summed E-state index contributed by atoms with van der Waals surface area (Å²) in [6.07, 6.45) is 8.12. The molecule has 1 amide bonds. The van der Waals surface area contributed by atoms with Gasteiger partial charge in [-0.05, 0) is 74.8 Å². The number of piperidine rings is 1. The van der Waals surface area contributed by atoms with Crippen molar-refractivity contribution < 1.29 is 14.0 Å². The van der Waals surface area contributed by atoms with Crippen molar-refractivity contribution in [2.75, 3.05) is 25.0 Å². The lowest BCUT2D eigenvalue weighted by Crippen LogP contribution is -2.34. The van der Waals surface area contributed by atoms with Crippen molar-refractivity contribution in [1.82, 2.24) is 20.1 Å². The van der Waals surface area contributed by atoms with E-state index in [-0.39, 0.29) is 23.5 Å². The number of Topliss-reactive ketones (excluding diaryl/α,β-unsaturated/α-hetero) is 1. The molecule has 2 aliphatic rings. The van der Waals surface area contributed by atoms with Crippen LogP contribution in [-0.2, 0) is 9.59 Å². The van der Waals surface area contributed by atoms with E-state index >= 15 is 0 Å². The average molecular weight is 560 g/mol. The second-order valence-electron chi connectivity index (χ2n) is 11.5. The van der Waals surface area contributed by atoms with Crippen LogP contribution in [0, 0.1) is 12.8 Å². The maximum absolute atomic E-state index is 13.2. The highest BCUT2D eigenvalue weighted by Gasteiger charge is 2.25. The second kappa shape index (κ2) is 14.3. The Morgan fingerprint density at radius 3 is 2.44 bits per heavy atom. The molecule has 2 aromatic heterocycles. The maximum Gasteiger partial charge on any atom is 0.249 e. The Morgan fingerprint density at radius 2 is 1.85 bits per heavy atom. The van der Waals surface area contributed by atoms with E-state index in [2.05, 4.69) is 45.3 Å². The number of aromatic nitrogens is 3. The standard InChI is InChI=1S/C26H32FN3O2.C7H10N2/c1-18(2)26(19(3)31)21-7-4-6-20(16-21)22-9-10-24(28-17-22)29-25(32)8-5-13-30-14-11-23(27)12-15-30;1-5-4-7(9-8-5)6-2-3-6/h4-10,16-18,23,26H,11-15H2,1-3H3,(H,28,29,32);4,6H,2-3H2,1H3,(H,8,9)/b8-5+;. The van der Waals surface area contributed by atoms with Crippen molar-refractivity contribution >= 4 is 17.5 Å². The molecule has 8 heteroatoms. The molecular weight excluding hydrogens is 517 g/mol. The lowest BCUT2D eigenvalue weighted by Gasteiger charge is -2.27. The van der Waals surface area contributed by atoms with Gasteiger partial charge in [-0.1, -0.05) is 44.2 Å². The Kier molecular flexibility index (Phi) is 10.6. The Bertz CT molecular complexity index is 1320. The van der Waals surface area contributed by atoms with Gasteiger partial charge in [0.2, 0.25) is 5.91 Å². The Morgan fingerprint density at radius 1 is 1.10 bits per heavy atom. The molecule has 1 atom stereocenters. The van der Waals surface area contributed by atoms with Gasteiger partial charge in [0.1, 0.15) is 17.8 Å². The molecule has 0 spiro atoms. The quantitative estimate of drug-likeness (QED) is 0.288. The second-order valence-corrected chi connectivity index (χ2v) is 11.5. The van der Waals surface area contributed by atoms with Crippen molar-refractivity contribution in [3.05, 3.63) is 77.8 Å². The number of carbonyl (C=O) groups excluding carboxylic acids is 2. The predicted octanol–water partition coefficient (Wildman–Crippen LogP) is 6.60. The Hall–Kier alpha value is -3.65. The molecule has 3 heterocycles. The van der Waals surface area contributed by atoms with E-state index in [0.29, 0.717) is 25.2 Å². The molecule has 3 aromatic rings. The summed E-state index contributed by atoms with van der Waals surface area (Å²) in [5, 5.41) is 9.86. The maximum atomic E-state index is 13.2. The molecule has 1 aromatic carbocycles. The summed E-state index contributed by atoms with van der Waals surface area (Å²) in [4.78, 5) is 30.7. The van der Waals surface area contributed by atoms with Crippen molar-refractivity contribution in [2.45, 2.75) is 71.4 Å². The third-order valence-electron chi connectivity index (χ3n) is 7.57.